The largest absolute Gasteiger partial charge is 0.497 e. The summed E-state index contributed by atoms with van der Waals surface area (Å²) in [5.41, 5.74) is 12.7. The number of anilines is 1. The first-order valence-electron chi connectivity index (χ1n) is 5.88. The maximum atomic E-state index is 11.3. The van der Waals surface area contributed by atoms with Crippen LogP contribution in [0.3, 0.4) is 0 Å². The highest BCUT2D eigenvalue weighted by Gasteiger charge is 2.08. The number of carbonyl (C=O) groups excluding carboxylic acids is 1. The smallest absolute Gasteiger partial charge is 0.248 e. The molecule has 0 aliphatic rings. The van der Waals surface area contributed by atoms with Crippen molar-refractivity contribution < 1.29 is 14.3 Å². The molecule has 0 aliphatic carbocycles. The second-order valence-corrected chi connectivity index (χ2v) is 4.24. The monoisotopic (exact) mass is 273 g/mol. The van der Waals surface area contributed by atoms with Crippen LogP contribution in [0.4, 0.5) is 5.69 Å². The van der Waals surface area contributed by atoms with Gasteiger partial charge in [-0.15, -0.1) is 0 Å². The first-order valence-corrected chi connectivity index (χ1v) is 5.88. The molecule has 1 amide bonds. The number of pyridine rings is 1. The van der Waals surface area contributed by atoms with Crippen LogP contribution in [0.1, 0.15) is 15.9 Å². The molecule has 0 saturated heterocycles. The number of methoxy groups -OCH3 is 1. The van der Waals surface area contributed by atoms with Gasteiger partial charge in [0, 0.05) is 17.7 Å². The van der Waals surface area contributed by atoms with Gasteiger partial charge in [-0.3, -0.25) is 4.79 Å². The van der Waals surface area contributed by atoms with Crippen LogP contribution in [0.15, 0.2) is 30.5 Å². The Bertz CT molecular complexity index is 656. The lowest BCUT2D eigenvalue weighted by Gasteiger charge is -2.09. The van der Waals surface area contributed by atoms with Crippen LogP contribution in [0.25, 0.3) is 0 Å². The average Bonchev–Trinajstić information content (AvgIpc) is 2.42. The zero-order valence-corrected chi connectivity index (χ0v) is 11.2. The third kappa shape index (κ3) is 2.97. The molecule has 1 aromatic heterocycles. The van der Waals surface area contributed by atoms with Gasteiger partial charge in [-0.2, -0.15) is 0 Å². The van der Waals surface area contributed by atoms with Crippen LogP contribution < -0.4 is 20.9 Å². The number of hydrogen-bond acceptors (Lipinski definition) is 5. The van der Waals surface area contributed by atoms with E-state index in [9.17, 15) is 4.79 Å². The summed E-state index contributed by atoms with van der Waals surface area (Å²) in [7, 11) is 1.50. The van der Waals surface area contributed by atoms with Crippen molar-refractivity contribution in [2.75, 3.05) is 12.8 Å². The van der Waals surface area contributed by atoms with Crippen molar-refractivity contribution in [2.24, 2.45) is 5.73 Å². The topological polar surface area (TPSA) is 100 Å². The van der Waals surface area contributed by atoms with E-state index >= 15 is 0 Å². The molecule has 1 aromatic carbocycles. The normalized spacial score (nSPS) is 10.1. The standard InChI is InChI=1S/C14H15N3O3/c1-8-3-13(17-7-12(8)15)20-11-5-9(14(16)18)4-10(6-11)19-2/h3-7H,15H2,1-2H3,(H2,16,18). The summed E-state index contributed by atoms with van der Waals surface area (Å²) in [6.45, 7) is 1.85. The van der Waals surface area contributed by atoms with E-state index in [1.165, 1.54) is 25.4 Å². The fourth-order valence-electron chi connectivity index (χ4n) is 1.61. The van der Waals surface area contributed by atoms with Crippen LogP contribution in [-0.2, 0) is 0 Å². The number of primary amides is 1. The van der Waals surface area contributed by atoms with Crippen molar-refractivity contribution in [3.05, 3.63) is 41.6 Å². The first kappa shape index (κ1) is 13.7. The van der Waals surface area contributed by atoms with E-state index in [0.717, 1.165) is 5.56 Å². The Morgan fingerprint density at radius 2 is 1.90 bits per heavy atom. The minimum atomic E-state index is -0.560. The Balaban J connectivity index is 2.34. The Morgan fingerprint density at radius 3 is 2.50 bits per heavy atom. The number of nitrogens with two attached hydrogens (primary N) is 2. The quantitative estimate of drug-likeness (QED) is 0.885. The first-order chi connectivity index (χ1) is 9.49. The Kier molecular flexibility index (Phi) is 3.74. The van der Waals surface area contributed by atoms with Crippen LogP contribution in [0.2, 0.25) is 0 Å². The Morgan fingerprint density at radius 1 is 1.20 bits per heavy atom. The number of carbonyl (C=O) groups is 1. The average molecular weight is 273 g/mol. The summed E-state index contributed by atoms with van der Waals surface area (Å²) in [5, 5.41) is 0. The molecule has 6 nitrogen and oxygen atoms in total. The van der Waals surface area contributed by atoms with Gasteiger partial charge in [0.15, 0.2) is 0 Å². The molecular weight excluding hydrogens is 258 g/mol. The molecule has 20 heavy (non-hydrogen) atoms. The van der Waals surface area contributed by atoms with Crippen molar-refractivity contribution >= 4 is 11.6 Å². The number of aryl methyl sites for hydroxylation is 1. The fraction of sp³-hybridized carbons (Fsp3) is 0.143. The molecule has 0 radical (unpaired) electrons. The van der Waals surface area contributed by atoms with E-state index in [4.69, 9.17) is 20.9 Å². The second-order valence-electron chi connectivity index (χ2n) is 4.24. The molecule has 4 N–H and O–H groups in total. The molecule has 0 unspecified atom stereocenters. The number of ether oxygens (including phenoxy) is 2. The van der Waals surface area contributed by atoms with E-state index in [1.54, 1.807) is 12.1 Å². The number of amides is 1. The predicted molar refractivity (Wildman–Crippen MR) is 75.0 cm³/mol. The number of nitrogen functional groups attached to an aromatic ring is 1. The van der Waals surface area contributed by atoms with Gasteiger partial charge in [-0.05, 0) is 24.6 Å². The van der Waals surface area contributed by atoms with Gasteiger partial charge in [0.2, 0.25) is 11.8 Å². The van der Waals surface area contributed by atoms with Crippen LogP contribution in [0.5, 0.6) is 17.4 Å². The van der Waals surface area contributed by atoms with Crippen molar-refractivity contribution in [3.8, 4) is 17.4 Å². The van der Waals surface area contributed by atoms with Gasteiger partial charge >= 0.3 is 0 Å². The molecule has 0 spiro atoms. The molecule has 0 saturated carbocycles. The number of benzene rings is 1. The van der Waals surface area contributed by atoms with Crippen LogP contribution in [0, 0.1) is 6.92 Å². The highest BCUT2D eigenvalue weighted by molar-refractivity contribution is 5.93. The van der Waals surface area contributed by atoms with Gasteiger partial charge in [-0.25, -0.2) is 4.98 Å². The van der Waals surface area contributed by atoms with Gasteiger partial charge in [0.1, 0.15) is 11.5 Å². The lowest BCUT2D eigenvalue weighted by Crippen LogP contribution is -2.11. The van der Waals surface area contributed by atoms with E-state index in [1.807, 2.05) is 6.92 Å². The minimum absolute atomic E-state index is 0.298. The van der Waals surface area contributed by atoms with Crippen molar-refractivity contribution in [2.45, 2.75) is 6.92 Å². The van der Waals surface area contributed by atoms with E-state index in [2.05, 4.69) is 4.98 Å². The third-order valence-corrected chi connectivity index (χ3v) is 2.75. The van der Waals surface area contributed by atoms with Gasteiger partial charge in [0.25, 0.3) is 0 Å². The predicted octanol–water partition coefficient (Wildman–Crippen LogP) is 1.87. The molecule has 0 atom stereocenters. The molecule has 0 aliphatic heterocycles. The van der Waals surface area contributed by atoms with E-state index < -0.39 is 5.91 Å². The van der Waals surface area contributed by atoms with Crippen molar-refractivity contribution in [1.82, 2.24) is 4.98 Å². The van der Waals surface area contributed by atoms with Crippen molar-refractivity contribution in [1.29, 1.82) is 0 Å². The Labute approximate surface area is 116 Å². The summed E-state index contributed by atoms with van der Waals surface area (Å²) >= 11 is 0. The van der Waals surface area contributed by atoms with Crippen LogP contribution in [-0.4, -0.2) is 18.0 Å². The molecule has 1 heterocycles. The lowest BCUT2D eigenvalue weighted by molar-refractivity contribution is 0.0999. The summed E-state index contributed by atoms with van der Waals surface area (Å²) in [6, 6.07) is 6.41. The second kappa shape index (κ2) is 5.48. The molecule has 104 valence electrons. The highest BCUT2D eigenvalue weighted by Crippen LogP contribution is 2.27. The van der Waals surface area contributed by atoms with Gasteiger partial charge in [0.05, 0.1) is 19.0 Å². The molecule has 0 bridgehead atoms. The zero-order valence-electron chi connectivity index (χ0n) is 11.2. The summed E-state index contributed by atoms with van der Waals surface area (Å²) in [6.07, 6.45) is 1.51. The lowest BCUT2D eigenvalue weighted by atomic mass is 10.2. The number of nitrogens with zero attached hydrogens (tertiary/aromatic N) is 1. The number of rotatable bonds is 4. The molecular formula is C14H15N3O3. The van der Waals surface area contributed by atoms with Crippen LogP contribution >= 0.6 is 0 Å². The third-order valence-electron chi connectivity index (χ3n) is 2.75. The maximum absolute atomic E-state index is 11.3. The summed E-state index contributed by atoms with van der Waals surface area (Å²) < 4.78 is 10.7. The van der Waals surface area contributed by atoms with Gasteiger partial charge < -0.3 is 20.9 Å². The fourth-order valence-corrected chi connectivity index (χ4v) is 1.61. The minimum Gasteiger partial charge on any atom is -0.497 e. The number of aromatic nitrogens is 1. The van der Waals surface area contributed by atoms with Gasteiger partial charge in [-0.1, -0.05) is 0 Å². The molecule has 2 aromatic rings. The SMILES string of the molecule is COc1cc(Oc2cc(C)c(N)cn2)cc(C(N)=O)c1. The molecule has 2 rings (SSSR count). The zero-order chi connectivity index (χ0) is 14.7. The molecule has 0 fully saturated rings. The number of hydrogen-bond donors (Lipinski definition) is 2. The van der Waals surface area contributed by atoms with E-state index in [-0.39, 0.29) is 0 Å². The van der Waals surface area contributed by atoms with E-state index in [0.29, 0.717) is 28.6 Å². The summed E-state index contributed by atoms with van der Waals surface area (Å²) in [4.78, 5) is 15.3. The maximum Gasteiger partial charge on any atom is 0.248 e. The Hall–Kier alpha value is -2.76. The summed E-state index contributed by atoms with van der Waals surface area (Å²) in [5.74, 6) is 0.703. The molecule has 6 heteroatoms. The van der Waals surface area contributed by atoms with Crippen molar-refractivity contribution in [3.63, 3.8) is 0 Å². The highest BCUT2D eigenvalue weighted by atomic mass is 16.5.